The molecule has 0 aliphatic rings. The molecule has 0 spiro atoms. The molecule has 27 heavy (non-hydrogen) atoms. The van der Waals surface area contributed by atoms with Gasteiger partial charge in [-0.05, 0) is 66.7 Å². The van der Waals surface area contributed by atoms with E-state index in [0.29, 0.717) is 11.3 Å². The van der Waals surface area contributed by atoms with E-state index in [0.717, 1.165) is 16.6 Å². The summed E-state index contributed by atoms with van der Waals surface area (Å²) in [6, 6.07) is 12.9. The van der Waals surface area contributed by atoms with Crippen LogP contribution in [-0.4, -0.2) is 5.78 Å². The molecule has 3 rings (SSSR count). The number of hydrogen-bond donors (Lipinski definition) is 0. The molecule has 1 heterocycles. The second-order valence-corrected chi connectivity index (χ2v) is 6.92. The minimum absolute atomic E-state index is 0.130. The zero-order valence-electron chi connectivity index (χ0n) is 13.6. The van der Waals surface area contributed by atoms with Crippen molar-refractivity contribution in [3.8, 4) is 11.3 Å². The van der Waals surface area contributed by atoms with E-state index in [9.17, 15) is 18.0 Å². The lowest BCUT2D eigenvalue weighted by Crippen LogP contribution is -2.04. The van der Waals surface area contributed by atoms with Gasteiger partial charge in [0, 0.05) is 15.6 Å². The number of furan rings is 1. The highest BCUT2D eigenvalue weighted by Crippen LogP contribution is 2.36. The number of allylic oxidation sites excluding steroid dienone is 1. The standard InChI is InChI=1S/C20H11BrClF3O2/c21-14-4-1-12(2-5-14)18(26)9-6-15-7-10-19(27-15)16-11-13(20(23,24)25)3-8-17(16)22/h1-11H. The summed E-state index contributed by atoms with van der Waals surface area (Å²) in [6.07, 6.45) is -1.69. The first-order valence-corrected chi connectivity index (χ1v) is 8.86. The molecule has 0 bridgehead atoms. The van der Waals surface area contributed by atoms with Crippen LogP contribution in [0.5, 0.6) is 0 Å². The SMILES string of the molecule is O=C(C=Cc1ccc(-c2cc(C(F)(F)F)ccc2Cl)o1)c1ccc(Br)cc1. The molecule has 0 amide bonds. The maximum atomic E-state index is 12.9. The second-order valence-electron chi connectivity index (χ2n) is 5.60. The van der Waals surface area contributed by atoms with Crippen LogP contribution in [-0.2, 0) is 6.18 Å². The van der Waals surface area contributed by atoms with Gasteiger partial charge in [-0.2, -0.15) is 13.2 Å². The van der Waals surface area contributed by atoms with Gasteiger partial charge in [-0.1, -0.05) is 27.5 Å². The number of rotatable bonds is 4. The first-order valence-electron chi connectivity index (χ1n) is 7.69. The van der Waals surface area contributed by atoms with E-state index in [4.69, 9.17) is 16.0 Å². The molecule has 0 unspecified atom stereocenters. The normalized spacial score (nSPS) is 11.9. The van der Waals surface area contributed by atoms with Gasteiger partial charge in [0.2, 0.25) is 0 Å². The summed E-state index contributed by atoms with van der Waals surface area (Å²) in [5, 5.41) is 0.138. The molecule has 0 atom stereocenters. The Balaban J connectivity index is 1.83. The largest absolute Gasteiger partial charge is 0.457 e. The van der Waals surface area contributed by atoms with E-state index in [1.54, 1.807) is 30.3 Å². The van der Waals surface area contributed by atoms with E-state index >= 15 is 0 Å². The molecule has 2 aromatic carbocycles. The lowest BCUT2D eigenvalue weighted by atomic mass is 10.1. The summed E-state index contributed by atoms with van der Waals surface area (Å²) in [5.74, 6) is 0.281. The third kappa shape index (κ3) is 4.70. The smallest absolute Gasteiger partial charge is 0.416 e. The van der Waals surface area contributed by atoms with Crippen LogP contribution in [0.4, 0.5) is 13.2 Å². The summed E-state index contributed by atoms with van der Waals surface area (Å²) in [5.41, 5.74) is -0.187. The predicted octanol–water partition coefficient (Wildman–Crippen LogP) is 7.28. The van der Waals surface area contributed by atoms with Gasteiger partial charge >= 0.3 is 6.18 Å². The molecule has 0 N–H and O–H groups in total. The summed E-state index contributed by atoms with van der Waals surface area (Å²) in [6.45, 7) is 0. The van der Waals surface area contributed by atoms with Gasteiger partial charge in [-0.3, -0.25) is 4.79 Å². The second kappa shape index (κ2) is 7.74. The van der Waals surface area contributed by atoms with E-state index in [1.165, 1.54) is 24.3 Å². The number of halogens is 5. The van der Waals surface area contributed by atoms with Crippen LogP contribution >= 0.6 is 27.5 Å². The number of hydrogen-bond acceptors (Lipinski definition) is 2. The third-order valence-corrected chi connectivity index (χ3v) is 4.57. The minimum atomic E-state index is -4.48. The highest BCUT2D eigenvalue weighted by Gasteiger charge is 2.31. The van der Waals surface area contributed by atoms with Crippen molar-refractivity contribution in [3.63, 3.8) is 0 Å². The lowest BCUT2D eigenvalue weighted by molar-refractivity contribution is -0.137. The first kappa shape index (κ1) is 19.5. The Hall–Kier alpha value is -2.31. The average Bonchev–Trinajstić information content (AvgIpc) is 3.08. The Bertz CT molecular complexity index is 1000. The van der Waals surface area contributed by atoms with Crippen molar-refractivity contribution in [3.05, 3.63) is 87.1 Å². The van der Waals surface area contributed by atoms with Crippen LogP contribution in [0.2, 0.25) is 5.02 Å². The molecule has 0 aliphatic carbocycles. The van der Waals surface area contributed by atoms with Gasteiger partial charge < -0.3 is 4.42 Å². The van der Waals surface area contributed by atoms with Gasteiger partial charge in [0.05, 0.1) is 10.6 Å². The van der Waals surface area contributed by atoms with Crippen molar-refractivity contribution < 1.29 is 22.4 Å². The first-order chi connectivity index (χ1) is 12.7. The van der Waals surface area contributed by atoms with E-state index in [1.807, 2.05) is 0 Å². The monoisotopic (exact) mass is 454 g/mol. The van der Waals surface area contributed by atoms with Gasteiger partial charge in [-0.25, -0.2) is 0 Å². The van der Waals surface area contributed by atoms with E-state index in [-0.39, 0.29) is 22.1 Å². The lowest BCUT2D eigenvalue weighted by Gasteiger charge is -2.09. The Kier molecular flexibility index (Phi) is 5.58. The van der Waals surface area contributed by atoms with Gasteiger partial charge in [0.1, 0.15) is 11.5 Å². The highest BCUT2D eigenvalue weighted by atomic mass is 79.9. The summed E-state index contributed by atoms with van der Waals surface area (Å²) in [4.78, 5) is 12.1. The number of carbonyl (C=O) groups excluding carboxylic acids is 1. The molecule has 1 aromatic heterocycles. The summed E-state index contributed by atoms with van der Waals surface area (Å²) < 4.78 is 45.1. The van der Waals surface area contributed by atoms with Crippen molar-refractivity contribution in [1.82, 2.24) is 0 Å². The molecular formula is C20H11BrClF3O2. The van der Waals surface area contributed by atoms with Gasteiger partial charge in [0.15, 0.2) is 5.78 Å². The summed E-state index contributed by atoms with van der Waals surface area (Å²) >= 11 is 9.30. The van der Waals surface area contributed by atoms with Gasteiger partial charge in [-0.15, -0.1) is 0 Å². The van der Waals surface area contributed by atoms with Crippen LogP contribution in [0.3, 0.4) is 0 Å². The Morgan fingerprint density at radius 1 is 1.04 bits per heavy atom. The number of carbonyl (C=O) groups is 1. The van der Waals surface area contributed by atoms with E-state index in [2.05, 4.69) is 15.9 Å². The maximum absolute atomic E-state index is 12.9. The van der Waals surface area contributed by atoms with Crippen LogP contribution in [0.25, 0.3) is 17.4 Å². The molecule has 0 fully saturated rings. The summed E-state index contributed by atoms with van der Waals surface area (Å²) in [7, 11) is 0. The third-order valence-electron chi connectivity index (χ3n) is 3.71. The predicted molar refractivity (Wildman–Crippen MR) is 102 cm³/mol. The van der Waals surface area contributed by atoms with Crippen LogP contribution in [0.15, 0.2) is 69.6 Å². The van der Waals surface area contributed by atoms with E-state index < -0.39 is 11.7 Å². The van der Waals surface area contributed by atoms with Crippen molar-refractivity contribution >= 4 is 39.4 Å². The Labute approximate surface area is 166 Å². The average molecular weight is 456 g/mol. The molecule has 0 aliphatic heterocycles. The fraction of sp³-hybridized carbons (Fsp3) is 0.0500. The molecule has 3 aromatic rings. The fourth-order valence-electron chi connectivity index (χ4n) is 2.35. The minimum Gasteiger partial charge on any atom is -0.457 e. The van der Waals surface area contributed by atoms with Crippen molar-refractivity contribution in [2.24, 2.45) is 0 Å². The Morgan fingerprint density at radius 2 is 1.74 bits per heavy atom. The molecule has 138 valence electrons. The topological polar surface area (TPSA) is 30.2 Å². The number of alkyl halides is 3. The molecule has 0 saturated carbocycles. The quantitative estimate of drug-likeness (QED) is 0.306. The molecule has 0 saturated heterocycles. The number of ketones is 1. The van der Waals surface area contributed by atoms with Crippen molar-refractivity contribution in [1.29, 1.82) is 0 Å². The van der Waals surface area contributed by atoms with Crippen molar-refractivity contribution in [2.75, 3.05) is 0 Å². The van der Waals surface area contributed by atoms with Crippen molar-refractivity contribution in [2.45, 2.75) is 6.18 Å². The molecule has 0 radical (unpaired) electrons. The highest BCUT2D eigenvalue weighted by molar-refractivity contribution is 9.10. The fourth-order valence-corrected chi connectivity index (χ4v) is 2.82. The zero-order valence-corrected chi connectivity index (χ0v) is 15.9. The number of benzene rings is 2. The molecular weight excluding hydrogens is 445 g/mol. The van der Waals surface area contributed by atoms with Crippen LogP contribution in [0.1, 0.15) is 21.7 Å². The molecule has 7 heteroatoms. The van der Waals surface area contributed by atoms with Gasteiger partial charge in [0.25, 0.3) is 0 Å². The van der Waals surface area contributed by atoms with Crippen LogP contribution < -0.4 is 0 Å². The molecule has 2 nitrogen and oxygen atoms in total. The van der Waals surface area contributed by atoms with Crippen LogP contribution in [0, 0.1) is 0 Å². The Morgan fingerprint density at radius 3 is 2.41 bits per heavy atom. The maximum Gasteiger partial charge on any atom is 0.416 e. The zero-order chi connectivity index (χ0) is 19.6.